The standard InChI is InChI=1S/C18H23N9O4/c1-5-26-17(18(29)22-13-8-19-24(4)12(13)3)14(9-20-26)21-16(28)6-7-25-10-15(27(30)31)11(2)23-25/h8-10H,5-7H2,1-4H3,(H,21,28)(H,22,29). The van der Waals surface area contributed by atoms with Crippen LogP contribution in [-0.2, 0) is 24.9 Å². The van der Waals surface area contributed by atoms with E-state index in [1.807, 2.05) is 13.8 Å². The lowest BCUT2D eigenvalue weighted by Crippen LogP contribution is -2.21. The van der Waals surface area contributed by atoms with Crippen molar-refractivity contribution in [1.82, 2.24) is 29.3 Å². The van der Waals surface area contributed by atoms with E-state index in [2.05, 4.69) is 25.9 Å². The van der Waals surface area contributed by atoms with E-state index in [1.165, 1.54) is 28.7 Å². The van der Waals surface area contributed by atoms with E-state index in [0.717, 1.165) is 5.69 Å². The van der Waals surface area contributed by atoms with Crippen LogP contribution < -0.4 is 10.6 Å². The van der Waals surface area contributed by atoms with Gasteiger partial charge in [0.25, 0.3) is 5.91 Å². The summed E-state index contributed by atoms with van der Waals surface area (Å²) in [5.41, 5.74) is 2.00. The summed E-state index contributed by atoms with van der Waals surface area (Å²) in [5, 5.41) is 28.7. The molecule has 0 saturated carbocycles. The summed E-state index contributed by atoms with van der Waals surface area (Å²) in [6.07, 6.45) is 4.25. The van der Waals surface area contributed by atoms with E-state index in [1.54, 1.807) is 17.9 Å². The molecule has 0 saturated heterocycles. The summed E-state index contributed by atoms with van der Waals surface area (Å²) in [6, 6.07) is 0. The molecule has 0 bridgehead atoms. The Bertz CT molecular complexity index is 1140. The first-order valence-electron chi connectivity index (χ1n) is 9.55. The quantitative estimate of drug-likeness (QED) is 0.407. The van der Waals surface area contributed by atoms with Crippen LogP contribution in [0.15, 0.2) is 18.6 Å². The topological polar surface area (TPSA) is 155 Å². The number of anilines is 2. The van der Waals surface area contributed by atoms with E-state index < -0.39 is 10.8 Å². The fraction of sp³-hybridized carbons (Fsp3) is 0.389. The number of hydrogen-bond donors (Lipinski definition) is 2. The van der Waals surface area contributed by atoms with Crippen molar-refractivity contribution in [3.8, 4) is 0 Å². The van der Waals surface area contributed by atoms with Gasteiger partial charge in [0, 0.05) is 26.6 Å². The Hall–Kier alpha value is -4.03. The molecule has 0 aliphatic rings. The van der Waals surface area contributed by atoms with Crippen LogP contribution in [0.2, 0.25) is 0 Å². The Morgan fingerprint density at radius 3 is 2.45 bits per heavy atom. The van der Waals surface area contributed by atoms with Crippen molar-refractivity contribution < 1.29 is 14.5 Å². The maximum Gasteiger partial charge on any atom is 0.309 e. The fourth-order valence-electron chi connectivity index (χ4n) is 2.99. The zero-order chi connectivity index (χ0) is 22.7. The number of aryl methyl sites for hydroxylation is 4. The van der Waals surface area contributed by atoms with Crippen molar-refractivity contribution in [3.63, 3.8) is 0 Å². The molecule has 0 aromatic carbocycles. The average Bonchev–Trinajstić information content (AvgIpc) is 3.39. The summed E-state index contributed by atoms with van der Waals surface area (Å²) in [5.74, 6) is -0.804. The fourth-order valence-corrected chi connectivity index (χ4v) is 2.99. The summed E-state index contributed by atoms with van der Waals surface area (Å²) < 4.78 is 4.47. The molecule has 3 rings (SSSR count). The Labute approximate surface area is 177 Å². The molecule has 3 aromatic heterocycles. The van der Waals surface area contributed by atoms with Gasteiger partial charge >= 0.3 is 5.69 Å². The minimum atomic E-state index is -0.521. The molecular weight excluding hydrogens is 406 g/mol. The number of nitrogens with zero attached hydrogens (tertiary/aromatic N) is 7. The van der Waals surface area contributed by atoms with Gasteiger partial charge in [-0.3, -0.25) is 33.7 Å². The number of hydrogen-bond acceptors (Lipinski definition) is 7. The van der Waals surface area contributed by atoms with Gasteiger partial charge in [0.1, 0.15) is 17.6 Å². The zero-order valence-electron chi connectivity index (χ0n) is 17.6. The molecule has 3 aromatic rings. The molecule has 3 heterocycles. The SMILES string of the molecule is CCn1ncc(NC(=O)CCn2cc([N+](=O)[O-])c(C)n2)c1C(=O)Nc1cnn(C)c1C. The second-order valence-electron chi connectivity index (χ2n) is 6.86. The number of carbonyl (C=O) groups is 2. The molecule has 2 N–H and O–H groups in total. The highest BCUT2D eigenvalue weighted by Crippen LogP contribution is 2.20. The highest BCUT2D eigenvalue weighted by molar-refractivity contribution is 6.09. The summed E-state index contributed by atoms with van der Waals surface area (Å²) in [6.45, 7) is 5.77. The maximum atomic E-state index is 12.9. The summed E-state index contributed by atoms with van der Waals surface area (Å²) >= 11 is 0. The Morgan fingerprint density at radius 1 is 1.16 bits per heavy atom. The van der Waals surface area contributed by atoms with Gasteiger partial charge in [-0.25, -0.2) is 0 Å². The molecule has 0 aliphatic heterocycles. The molecular formula is C18H23N9O4. The van der Waals surface area contributed by atoms with E-state index in [0.29, 0.717) is 12.2 Å². The normalized spacial score (nSPS) is 10.8. The van der Waals surface area contributed by atoms with E-state index >= 15 is 0 Å². The molecule has 164 valence electrons. The first-order valence-corrected chi connectivity index (χ1v) is 9.55. The Kier molecular flexibility index (Phi) is 6.13. The van der Waals surface area contributed by atoms with Crippen molar-refractivity contribution in [3.05, 3.63) is 45.8 Å². The maximum absolute atomic E-state index is 12.9. The van der Waals surface area contributed by atoms with Gasteiger partial charge in [0.05, 0.1) is 34.4 Å². The van der Waals surface area contributed by atoms with Crippen LogP contribution >= 0.6 is 0 Å². The van der Waals surface area contributed by atoms with Crippen molar-refractivity contribution in [2.24, 2.45) is 7.05 Å². The summed E-state index contributed by atoms with van der Waals surface area (Å²) in [4.78, 5) is 35.7. The van der Waals surface area contributed by atoms with Gasteiger partial charge in [0.2, 0.25) is 5.91 Å². The molecule has 0 radical (unpaired) electrons. The van der Waals surface area contributed by atoms with Gasteiger partial charge in [-0.05, 0) is 20.8 Å². The summed E-state index contributed by atoms with van der Waals surface area (Å²) in [7, 11) is 1.77. The predicted molar refractivity (Wildman–Crippen MR) is 111 cm³/mol. The van der Waals surface area contributed by atoms with Crippen LogP contribution in [0.3, 0.4) is 0 Å². The minimum absolute atomic E-state index is 0.0123. The van der Waals surface area contributed by atoms with Crippen LogP contribution in [0.4, 0.5) is 17.1 Å². The molecule has 0 unspecified atom stereocenters. The number of nitrogens with one attached hydrogen (secondary N) is 2. The van der Waals surface area contributed by atoms with Crippen molar-refractivity contribution in [2.75, 3.05) is 10.6 Å². The lowest BCUT2D eigenvalue weighted by atomic mass is 10.3. The molecule has 31 heavy (non-hydrogen) atoms. The second kappa shape index (κ2) is 8.77. The molecule has 0 fully saturated rings. The van der Waals surface area contributed by atoms with Crippen LogP contribution in [-0.4, -0.2) is 46.1 Å². The van der Waals surface area contributed by atoms with Crippen LogP contribution in [0.1, 0.15) is 35.2 Å². The van der Waals surface area contributed by atoms with Crippen LogP contribution in [0.5, 0.6) is 0 Å². The molecule has 13 nitrogen and oxygen atoms in total. The number of rotatable bonds is 8. The molecule has 0 atom stereocenters. The molecule has 0 spiro atoms. The van der Waals surface area contributed by atoms with E-state index in [4.69, 9.17) is 0 Å². The lowest BCUT2D eigenvalue weighted by Gasteiger charge is -2.10. The highest BCUT2D eigenvalue weighted by Gasteiger charge is 2.21. The van der Waals surface area contributed by atoms with E-state index in [-0.39, 0.29) is 41.6 Å². The van der Waals surface area contributed by atoms with Gasteiger partial charge < -0.3 is 10.6 Å². The highest BCUT2D eigenvalue weighted by atomic mass is 16.6. The third-order valence-electron chi connectivity index (χ3n) is 4.80. The minimum Gasteiger partial charge on any atom is -0.323 e. The number of aromatic nitrogens is 6. The van der Waals surface area contributed by atoms with Crippen molar-refractivity contribution in [1.29, 1.82) is 0 Å². The molecule has 13 heteroatoms. The number of amides is 2. The third-order valence-corrected chi connectivity index (χ3v) is 4.80. The largest absolute Gasteiger partial charge is 0.323 e. The first kappa shape index (κ1) is 21.7. The average molecular weight is 429 g/mol. The first-order chi connectivity index (χ1) is 14.7. The Balaban J connectivity index is 1.70. The van der Waals surface area contributed by atoms with Gasteiger partial charge in [-0.2, -0.15) is 15.3 Å². The monoisotopic (exact) mass is 429 g/mol. The lowest BCUT2D eigenvalue weighted by molar-refractivity contribution is -0.385. The second-order valence-corrected chi connectivity index (χ2v) is 6.86. The molecule has 0 aliphatic carbocycles. The molecule has 2 amide bonds. The third kappa shape index (κ3) is 4.60. The smallest absolute Gasteiger partial charge is 0.309 e. The van der Waals surface area contributed by atoms with Gasteiger partial charge in [-0.1, -0.05) is 0 Å². The van der Waals surface area contributed by atoms with Gasteiger partial charge in [-0.15, -0.1) is 0 Å². The predicted octanol–water partition coefficient (Wildman–Crippen LogP) is 1.64. The van der Waals surface area contributed by atoms with Gasteiger partial charge in [0.15, 0.2) is 0 Å². The van der Waals surface area contributed by atoms with E-state index in [9.17, 15) is 19.7 Å². The number of carbonyl (C=O) groups excluding carboxylic acids is 2. The zero-order valence-corrected chi connectivity index (χ0v) is 17.6. The van der Waals surface area contributed by atoms with Crippen molar-refractivity contribution in [2.45, 2.75) is 40.3 Å². The van der Waals surface area contributed by atoms with Crippen LogP contribution in [0.25, 0.3) is 0 Å². The number of nitro groups is 1. The van der Waals surface area contributed by atoms with Crippen molar-refractivity contribution >= 4 is 28.9 Å². The van der Waals surface area contributed by atoms with Crippen LogP contribution in [0, 0.1) is 24.0 Å². The Morgan fingerprint density at radius 2 is 1.87 bits per heavy atom.